The summed E-state index contributed by atoms with van der Waals surface area (Å²) in [6, 6.07) is 8.30. The third kappa shape index (κ3) is 3.05. The normalized spacial score (nSPS) is 19.4. The van der Waals surface area contributed by atoms with E-state index in [9.17, 15) is 4.79 Å². The predicted molar refractivity (Wildman–Crippen MR) is 109 cm³/mol. The van der Waals surface area contributed by atoms with E-state index in [2.05, 4.69) is 16.9 Å². The van der Waals surface area contributed by atoms with Gasteiger partial charge in [0, 0.05) is 41.8 Å². The summed E-state index contributed by atoms with van der Waals surface area (Å²) < 4.78 is 0. The zero-order valence-corrected chi connectivity index (χ0v) is 16.4. The van der Waals surface area contributed by atoms with E-state index >= 15 is 0 Å². The smallest absolute Gasteiger partial charge is 0.254 e. The molecule has 1 saturated carbocycles. The van der Waals surface area contributed by atoms with E-state index in [1.54, 1.807) is 0 Å². The van der Waals surface area contributed by atoms with Gasteiger partial charge in [-0.15, -0.1) is 0 Å². The molecule has 0 bridgehead atoms. The minimum absolute atomic E-state index is 0.0954. The van der Waals surface area contributed by atoms with Crippen molar-refractivity contribution in [2.45, 2.75) is 51.5 Å². The molecule has 2 aliphatic rings. The Morgan fingerprint density at radius 2 is 1.89 bits per heavy atom. The van der Waals surface area contributed by atoms with E-state index in [1.165, 1.54) is 12.8 Å². The van der Waals surface area contributed by atoms with Gasteiger partial charge >= 0.3 is 0 Å². The maximum atomic E-state index is 13.4. The van der Waals surface area contributed by atoms with Crippen LogP contribution in [0.2, 0.25) is 0 Å². The number of carbonyl (C=O) groups is 1. The first-order valence-corrected chi connectivity index (χ1v) is 10.1. The monoisotopic (exact) mass is 372 g/mol. The van der Waals surface area contributed by atoms with Crippen LogP contribution in [0.15, 0.2) is 36.7 Å². The van der Waals surface area contributed by atoms with E-state index < -0.39 is 0 Å². The van der Waals surface area contributed by atoms with Gasteiger partial charge in [0.2, 0.25) is 0 Å². The summed E-state index contributed by atoms with van der Waals surface area (Å²) in [5, 5.41) is 0.911. The summed E-state index contributed by atoms with van der Waals surface area (Å²) in [5.74, 6) is 1.54. The first kappa shape index (κ1) is 17.3. The fourth-order valence-corrected chi connectivity index (χ4v) is 4.08. The summed E-state index contributed by atoms with van der Waals surface area (Å²) in [5.41, 5.74) is 4.32. The van der Waals surface area contributed by atoms with Crippen molar-refractivity contribution >= 4 is 16.8 Å². The number of aryl methyl sites for hydroxylation is 1. The van der Waals surface area contributed by atoms with Crippen LogP contribution in [0.4, 0.5) is 0 Å². The summed E-state index contributed by atoms with van der Waals surface area (Å²) in [4.78, 5) is 29.2. The summed E-state index contributed by atoms with van der Waals surface area (Å²) in [6.45, 7) is 5.00. The van der Waals surface area contributed by atoms with Gasteiger partial charge in [-0.3, -0.25) is 4.79 Å². The van der Waals surface area contributed by atoms with Crippen LogP contribution in [-0.4, -0.2) is 38.3 Å². The van der Waals surface area contributed by atoms with Crippen molar-refractivity contribution < 1.29 is 4.79 Å². The van der Waals surface area contributed by atoms with Crippen molar-refractivity contribution in [2.24, 2.45) is 0 Å². The van der Waals surface area contributed by atoms with Crippen LogP contribution >= 0.6 is 0 Å². The number of pyridine rings is 1. The zero-order valence-electron chi connectivity index (χ0n) is 16.4. The Morgan fingerprint density at radius 3 is 2.57 bits per heavy atom. The molecule has 142 valence electrons. The lowest BCUT2D eigenvalue weighted by molar-refractivity contribution is 0.0749. The van der Waals surface area contributed by atoms with E-state index in [0.717, 1.165) is 58.5 Å². The second kappa shape index (κ2) is 6.66. The first-order valence-electron chi connectivity index (χ1n) is 10.1. The van der Waals surface area contributed by atoms with Gasteiger partial charge in [0.25, 0.3) is 5.91 Å². The number of hydrogen-bond donors (Lipinski definition) is 0. The number of benzene rings is 1. The quantitative estimate of drug-likeness (QED) is 0.679. The van der Waals surface area contributed by atoms with Crippen molar-refractivity contribution in [2.75, 3.05) is 6.54 Å². The Labute approximate surface area is 164 Å². The molecule has 1 saturated heterocycles. The summed E-state index contributed by atoms with van der Waals surface area (Å²) in [6.07, 6.45) is 8.18. The number of nitrogens with zero attached hydrogens (tertiary/aromatic N) is 4. The summed E-state index contributed by atoms with van der Waals surface area (Å²) in [7, 11) is 0. The van der Waals surface area contributed by atoms with Crippen LogP contribution in [0.25, 0.3) is 22.2 Å². The van der Waals surface area contributed by atoms with Crippen LogP contribution in [0.1, 0.15) is 60.3 Å². The minimum Gasteiger partial charge on any atom is -0.336 e. The van der Waals surface area contributed by atoms with Crippen molar-refractivity contribution in [3.05, 3.63) is 53.6 Å². The molecule has 5 rings (SSSR count). The third-order valence-electron chi connectivity index (χ3n) is 5.92. The maximum absolute atomic E-state index is 13.4. The van der Waals surface area contributed by atoms with Crippen LogP contribution in [-0.2, 0) is 0 Å². The lowest BCUT2D eigenvalue weighted by Gasteiger charge is -2.22. The minimum atomic E-state index is 0.0954. The van der Waals surface area contributed by atoms with Crippen LogP contribution < -0.4 is 0 Å². The van der Waals surface area contributed by atoms with Gasteiger partial charge in [-0.05, 0) is 57.2 Å². The molecule has 2 fully saturated rings. The number of likely N-dealkylation sites (tertiary alicyclic amines) is 1. The van der Waals surface area contributed by atoms with Crippen molar-refractivity contribution in [3.63, 3.8) is 0 Å². The number of aromatic nitrogens is 3. The van der Waals surface area contributed by atoms with E-state index in [-0.39, 0.29) is 11.9 Å². The Morgan fingerprint density at radius 1 is 1.11 bits per heavy atom. The van der Waals surface area contributed by atoms with Gasteiger partial charge in [0.1, 0.15) is 5.82 Å². The van der Waals surface area contributed by atoms with E-state index in [4.69, 9.17) is 4.98 Å². The van der Waals surface area contributed by atoms with Crippen LogP contribution in [0, 0.1) is 6.92 Å². The highest BCUT2D eigenvalue weighted by atomic mass is 16.2. The summed E-state index contributed by atoms with van der Waals surface area (Å²) >= 11 is 0. The highest BCUT2D eigenvalue weighted by Crippen LogP contribution is 2.38. The Bertz CT molecular complexity index is 1060. The SMILES string of the molecule is Cc1ccc2c(C(=O)N3CCC[C@H]3C)cc(-c3cnc(C4CC4)nc3)nc2c1. The van der Waals surface area contributed by atoms with Crippen LogP contribution in [0.5, 0.6) is 0 Å². The number of amides is 1. The van der Waals surface area contributed by atoms with Gasteiger partial charge in [0.05, 0.1) is 16.8 Å². The largest absolute Gasteiger partial charge is 0.336 e. The molecule has 1 amide bonds. The number of hydrogen-bond acceptors (Lipinski definition) is 4. The maximum Gasteiger partial charge on any atom is 0.254 e. The molecule has 3 heterocycles. The average molecular weight is 372 g/mol. The molecule has 28 heavy (non-hydrogen) atoms. The van der Waals surface area contributed by atoms with E-state index in [1.807, 2.05) is 48.5 Å². The molecular weight excluding hydrogens is 348 g/mol. The highest BCUT2D eigenvalue weighted by molar-refractivity contribution is 6.07. The highest BCUT2D eigenvalue weighted by Gasteiger charge is 2.28. The van der Waals surface area contributed by atoms with Crippen molar-refractivity contribution in [1.82, 2.24) is 19.9 Å². The zero-order chi connectivity index (χ0) is 19.3. The van der Waals surface area contributed by atoms with Gasteiger partial charge in [-0.1, -0.05) is 12.1 Å². The van der Waals surface area contributed by atoms with Gasteiger partial charge in [-0.25, -0.2) is 15.0 Å². The molecule has 5 nitrogen and oxygen atoms in total. The number of carbonyl (C=O) groups excluding carboxylic acids is 1. The van der Waals surface area contributed by atoms with Crippen LogP contribution in [0.3, 0.4) is 0 Å². The number of rotatable bonds is 3. The molecular formula is C23H24N4O. The second-order valence-corrected chi connectivity index (χ2v) is 8.17. The standard InChI is InChI=1S/C23H24N4O/c1-14-5-8-18-19(23(28)27-9-3-4-15(27)2)11-20(26-21(18)10-14)17-12-24-22(25-13-17)16-6-7-16/h5,8,10-13,15-16H,3-4,6-7,9H2,1-2H3/t15-/m1/s1. The number of fused-ring (bicyclic) bond motifs is 1. The molecule has 0 radical (unpaired) electrons. The molecule has 0 N–H and O–H groups in total. The average Bonchev–Trinajstić information content (AvgIpc) is 3.47. The molecule has 3 aromatic rings. The first-order chi connectivity index (χ1) is 13.6. The third-order valence-corrected chi connectivity index (χ3v) is 5.92. The van der Waals surface area contributed by atoms with Crippen molar-refractivity contribution in [3.8, 4) is 11.3 Å². The molecule has 2 aromatic heterocycles. The lowest BCUT2D eigenvalue weighted by Crippen LogP contribution is -2.33. The second-order valence-electron chi connectivity index (χ2n) is 8.17. The Hall–Kier alpha value is -2.82. The molecule has 1 aliphatic carbocycles. The van der Waals surface area contributed by atoms with Crippen molar-refractivity contribution in [1.29, 1.82) is 0 Å². The fraction of sp³-hybridized carbons (Fsp3) is 0.391. The van der Waals surface area contributed by atoms with Gasteiger partial charge < -0.3 is 4.90 Å². The lowest BCUT2D eigenvalue weighted by atomic mass is 10.0. The molecule has 5 heteroatoms. The molecule has 0 unspecified atom stereocenters. The van der Waals surface area contributed by atoms with Gasteiger partial charge in [0.15, 0.2) is 0 Å². The Kier molecular flexibility index (Phi) is 4.11. The molecule has 1 aliphatic heterocycles. The molecule has 0 spiro atoms. The predicted octanol–water partition coefficient (Wildman–Crippen LogP) is 4.50. The van der Waals surface area contributed by atoms with E-state index in [0.29, 0.717) is 5.92 Å². The molecule has 1 aromatic carbocycles. The Balaban J connectivity index is 1.62. The topological polar surface area (TPSA) is 59.0 Å². The molecule has 1 atom stereocenters. The fourth-order valence-electron chi connectivity index (χ4n) is 4.08. The van der Waals surface area contributed by atoms with Gasteiger partial charge in [-0.2, -0.15) is 0 Å².